The summed E-state index contributed by atoms with van der Waals surface area (Å²) >= 11 is 0.920. The van der Waals surface area contributed by atoms with E-state index in [-0.39, 0.29) is 10.6 Å². The van der Waals surface area contributed by atoms with Crippen LogP contribution >= 0.6 is 11.8 Å². The summed E-state index contributed by atoms with van der Waals surface area (Å²) < 4.78 is 26.1. The van der Waals surface area contributed by atoms with Crippen LogP contribution in [0.5, 0.6) is 0 Å². The number of hydrogen-bond acceptors (Lipinski definition) is 7. The molecule has 0 aromatic carbocycles. The number of carbonyl (C=O) groups is 1. The topological polar surface area (TPSA) is 89.9 Å². The smallest absolute Gasteiger partial charge is 0.324 e. The van der Waals surface area contributed by atoms with E-state index in [1.807, 2.05) is 0 Å². The Hall–Kier alpha value is -1.37. The lowest BCUT2D eigenvalue weighted by Crippen LogP contribution is -2.26. The number of thioether (sulfide) groups is 1. The van der Waals surface area contributed by atoms with E-state index in [9.17, 15) is 18.0 Å². The van der Waals surface area contributed by atoms with Crippen molar-refractivity contribution in [1.29, 1.82) is 0 Å². The highest BCUT2D eigenvalue weighted by atomic mass is 32.2. The van der Waals surface area contributed by atoms with Gasteiger partial charge >= 0.3 is 5.97 Å². The van der Waals surface area contributed by atoms with Crippen molar-refractivity contribution in [3.63, 3.8) is 0 Å². The fourth-order valence-corrected chi connectivity index (χ4v) is 2.88. The average Bonchev–Trinajstić information content (AvgIpc) is 2.61. The number of isocyanates is 1. The van der Waals surface area contributed by atoms with E-state index in [4.69, 9.17) is 0 Å². The molecule has 1 aliphatic heterocycles. The zero-order valence-electron chi connectivity index (χ0n) is 7.46. The number of methoxy groups -OCH3 is 1. The van der Waals surface area contributed by atoms with Crippen LogP contribution < -0.4 is 0 Å². The number of aliphatic imine (C=N–C) groups is 1. The van der Waals surface area contributed by atoms with E-state index in [1.54, 1.807) is 0 Å². The summed E-state index contributed by atoms with van der Waals surface area (Å²) in [4.78, 5) is 24.1. The molecule has 0 radical (unpaired) electrons. The third-order valence-electron chi connectivity index (χ3n) is 1.57. The van der Waals surface area contributed by atoms with Gasteiger partial charge in [-0.05, 0) is 0 Å². The number of carbonyl (C=O) groups excluding carboxylic acids is 2. The molecule has 8 heteroatoms. The van der Waals surface area contributed by atoms with E-state index in [0.29, 0.717) is 0 Å². The molecule has 0 aromatic rings. The predicted molar refractivity (Wildman–Crippen MR) is 53.5 cm³/mol. The van der Waals surface area contributed by atoms with E-state index >= 15 is 0 Å². The molecule has 0 bridgehead atoms. The average molecular weight is 247 g/mol. The van der Waals surface area contributed by atoms with Crippen molar-refractivity contribution in [2.75, 3.05) is 7.11 Å². The SMILES string of the molecule is COC(=O)C1SC=C(N=C=O)C1=S(=O)=O. The van der Waals surface area contributed by atoms with Crippen molar-refractivity contribution in [3.8, 4) is 0 Å². The third-order valence-corrected chi connectivity index (χ3v) is 3.58. The molecule has 15 heavy (non-hydrogen) atoms. The van der Waals surface area contributed by atoms with E-state index in [2.05, 4.69) is 9.73 Å². The summed E-state index contributed by atoms with van der Waals surface area (Å²) in [6.07, 6.45) is 1.22. The van der Waals surface area contributed by atoms with Gasteiger partial charge in [-0.2, -0.15) is 13.4 Å². The first-order valence-corrected chi connectivity index (χ1v) is 5.61. The Morgan fingerprint density at radius 3 is 2.80 bits per heavy atom. The summed E-state index contributed by atoms with van der Waals surface area (Å²) in [5.74, 6) is -0.702. The van der Waals surface area contributed by atoms with Crippen LogP contribution in [0, 0.1) is 0 Å². The van der Waals surface area contributed by atoms with Crippen LogP contribution in [-0.2, 0) is 24.6 Å². The maximum absolute atomic E-state index is 11.2. The normalized spacial score (nSPS) is 19.1. The van der Waals surface area contributed by atoms with Crippen LogP contribution in [0.1, 0.15) is 0 Å². The van der Waals surface area contributed by atoms with Gasteiger partial charge in [-0.3, -0.25) is 4.79 Å². The highest BCUT2D eigenvalue weighted by molar-refractivity contribution is 8.05. The third kappa shape index (κ3) is 2.35. The minimum atomic E-state index is -2.62. The van der Waals surface area contributed by atoms with Crippen molar-refractivity contribution in [1.82, 2.24) is 0 Å². The molecule has 1 atom stereocenters. The maximum atomic E-state index is 11.2. The van der Waals surface area contributed by atoms with E-state index in [1.165, 1.54) is 11.5 Å². The van der Waals surface area contributed by atoms with Crippen LogP contribution in [0.3, 0.4) is 0 Å². The second-order valence-corrected chi connectivity index (χ2v) is 4.23. The Labute approximate surface area is 90.5 Å². The molecule has 1 unspecified atom stereocenters. The lowest BCUT2D eigenvalue weighted by atomic mass is 10.2. The number of ether oxygens (including phenoxy) is 1. The van der Waals surface area contributed by atoms with Gasteiger partial charge in [0, 0.05) is 5.41 Å². The second-order valence-electron chi connectivity index (χ2n) is 2.34. The monoisotopic (exact) mass is 247 g/mol. The summed E-state index contributed by atoms with van der Waals surface area (Å²) in [7, 11) is -1.47. The summed E-state index contributed by atoms with van der Waals surface area (Å²) in [5, 5.41) is 0.317. The first-order valence-electron chi connectivity index (χ1n) is 3.59. The summed E-state index contributed by atoms with van der Waals surface area (Å²) in [5.41, 5.74) is -0.0706. The molecule has 0 saturated heterocycles. The van der Waals surface area contributed by atoms with Gasteiger partial charge in [0.1, 0.15) is 15.8 Å². The number of allylic oxidation sites excluding steroid dienone is 1. The van der Waals surface area contributed by atoms with Crippen LogP contribution in [-0.4, -0.2) is 37.7 Å². The van der Waals surface area contributed by atoms with Crippen LogP contribution in [0.2, 0.25) is 0 Å². The van der Waals surface area contributed by atoms with E-state index < -0.39 is 21.5 Å². The quantitative estimate of drug-likeness (QED) is 0.283. The van der Waals surface area contributed by atoms with Gasteiger partial charge in [-0.15, -0.1) is 11.8 Å². The van der Waals surface area contributed by atoms with Crippen LogP contribution in [0.25, 0.3) is 0 Å². The standard InChI is InChI=1S/C7H5NO5S2/c1-13-7(10)5-6(15(11)12)4(2-14-5)8-3-9/h2,5H,1H3. The molecular weight excluding hydrogens is 242 g/mol. The fraction of sp³-hybridized carbons (Fsp3) is 0.286. The molecule has 1 rings (SSSR count). The summed E-state index contributed by atoms with van der Waals surface area (Å²) in [6, 6.07) is 0. The molecule has 0 amide bonds. The van der Waals surface area contributed by atoms with Gasteiger partial charge in [-0.25, -0.2) is 4.79 Å². The highest BCUT2D eigenvalue weighted by Crippen LogP contribution is 2.28. The van der Waals surface area contributed by atoms with Crippen molar-refractivity contribution in [3.05, 3.63) is 11.1 Å². The molecular formula is C7H5NO5S2. The molecule has 0 N–H and O–H groups in total. The Kier molecular flexibility index (Phi) is 3.84. The van der Waals surface area contributed by atoms with Gasteiger partial charge < -0.3 is 4.74 Å². The Morgan fingerprint density at radius 1 is 1.67 bits per heavy atom. The van der Waals surface area contributed by atoms with Gasteiger partial charge in [-0.1, -0.05) is 0 Å². The lowest BCUT2D eigenvalue weighted by molar-refractivity contribution is -0.138. The predicted octanol–water partition coefficient (Wildman–Crippen LogP) is -0.496. The molecule has 0 aromatic heterocycles. The minimum absolute atomic E-state index is 0.0706. The molecule has 0 aliphatic carbocycles. The van der Waals surface area contributed by atoms with Crippen LogP contribution in [0.15, 0.2) is 16.1 Å². The Balaban J connectivity index is 3.20. The van der Waals surface area contributed by atoms with Gasteiger partial charge in [0.05, 0.1) is 7.11 Å². The van der Waals surface area contributed by atoms with Crippen molar-refractivity contribution >= 4 is 39.0 Å². The number of rotatable bonds is 2. The molecule has 6 nitrogen and oxygen atoms in total. The fourth-order valence-electron chi connectivity index (χ4n) is 0.960. The first-order chi connectivity index (χ1) is 7.11. The molecule has 1 aliphatic rings. The Bertz CT molecular complexity index is 489. The number of nitrogens with zero attached hydrogens (tertiary/aromatic N) is 1. The minimum Gasteiger partial charge on any atom is -0.468 e. The largest absolute Gasteiger partial charge is 0.468 e. The molecule has 0 fully saturated rings. The number of hydrogen-bond donors (Lipinski definition) is 0. The molecule has 0 spiro atoms. The lowest BCUT2D eigenvalue weighted by Gasteiger charge is -2.04. The highest BCUT2D eigenvalue weighted by Gasteiger charge is 2.34. The van der Waals surface area contributed by atoms with Gasteiger partial charge in [0.25, 0.3) is 0 Å². The van der Waals surface area contributed by atoms with Crippen molar-refractivity contribution in [2.24, 2.45) is 4.99 Å². The zero-order valence-corrected chi connectivity index (χ0v) is 9.09. The van der Waals surface area contributed by atoms with Crippen molar-refractivity contribution < 1.29 is 22.7 Å². The van der Waals surface area contributed by atoms with Gasteiger partial charge in [0.15, 0.2) is 0 Å². The molecule has 1 heterocycles. The first kappa shape index (κ1) is 11.7. The molecule has 80 valence electrons. The zero-order chi connectivity index (χ0) is 11.4. The summed E-state index contributed by atoms with van der Waals surface area (Å²) in [6.45, 7) is 0. The Morgan fingerprint density at radius 2 is 2.33 bits per heavy atom. The number of esters is 1. The van der Waals surface area contributed by atoms with Crippen LogP contribution in [0.4, 0.5) is 0 Å². The van der Waals surface area contributed by atoms with E-state index in [0.717, 1.165) is 18.9 Å². The second kappa shape index (κ2) is 4.92. The van der Waals surface area contributed by atoms with Crippen molar-refractivity contribution in [2.45, 2.75) is 5.25 Å². The maximum Gasteiger partial charge on any atom is 0.324 e. The molecule has 0 saturated carbocycles. The van der Waals surface area contributed by atoms with Gasteiger partial charge in [0.2, 0.25) is 16.4 Å².